The summed E-state index contributed by atoms with van der Waals surface area (Å²) in [5, 5.41) is 3.63. The van der Waals surface area contributed by atoms with E-state index in [9.17, 15) is 0 Å². The summed E-state index contributed by atoms with van der Waals surface area (Å²) >= 11 is 0. The smallest absolute Gasteiger partial charge is 0.157 e. The third kappa shape index (κ3) is 3.12. The number of para-hydroxylation sites is 1. The second-order valence-corrected chi connectivity index (χ2v) is 6.95. The van der Waals surface area contributed by atoms with Crippen molar-refractivity contribution in [1.29, 1.82) is 0 Å². The van der Waals surface area contributed by atoms with Crippen molar-refractivity contribution in [2.24, 2.45) is 0 Å². The number of benzene rings is 2. The number of imidazole rings is 1. The molecule has 0 spiro atoms. The Morgan fingerprint density at radius 3 is 2.33 bits per heavy atom. The number of hydrogen-bond acceptors (Lipinski definition) is 4. The van der Waals surface area contributed by atoms with Crippen LogP contribution in [0.15, 0.2) is 61.1 Å². The zero-order valence-electron chi connectivity index (χ0n) is 16.1. The molecule has 0 unspecified atom stereocenters. The number of rotatable bonds is 4. The van der Waals surface area contributed by atoms with Gasteiger partial charge in [0.2, 0.25) is 0 Å². The average Bonchev–Trinajstić information content (AvgIpc) is 3.03. The maximum atomic E-state index is 4.84. The molecule has 0 aliphatic carbocycles. The minimum absolute atomic E-state index is 0.818. The van der Waals surface area contributed by atoms with E-state index < -0.39 is 0 Å². The molecule has 4 rings (SSSR count). The van der Waals surface area contributed by atoms with Crippen molar-refractivity contribution < 1.29 is 0 Å². The van der Waals surface area contributed by atoms with Gasteiger partial charge < -0.3 is 10.2 Å². The quantitative estimate of drug-likeness (QED) is 0.569. The van der Waals surface area contributed by atoms with Crippen LogP contribution in [0.5, 0.6) is 0 Å². The number of hydrogen-bond donors (Lipinski definition) is 1. The molecular weight excluding hydrogens is 334 g/mol. The van der Waals surface area contributed by atoms with Gasteiger partial charge in [0, 0.05) is 43.4 Å². The third-order valence-electron chi connectivity index (χ3n) is 4.81. The molecule has 0 atom stereocenters. The predicted molar refractivity (Wildman–Crippen MR) is 112 cm³/mol. The lowest BCUT2D eigenvalue weighted by Crippen LogP contribution is -2.08. The van der Waals surface area contributed by atoms with Crippen LogP contribution < -0.4 is 10.2 Å². The Balaban J connectivity index is 1.87. The topological polar surface area (TPSA) is 45.5 Å². The summed E-state index contributed by atoms with van der Waals surface area (Å²) in [5.41, 5.74) is 7.48. The van der Waals surface area contributed by atoms with Gasteiger partial charge in [0.1, 0.15) is 11.5 Å². The van der Waals surface area contributed by atoms with Crippen LogP contribution in [0.3, 0.4) is 0 Å². The minimum atomic E-state index is 0.818. The Morgan fingerprint density at radius 1 is 0.963 bits per heavy atom. The van der Waals surface area contributed by atoms with Crippen molar-refractivity contribution in [1.82, 2.24) is 14.4 Å². The summed E-state index contributed by atoms with van der Waals surface area (Å²) < 4.78 is 2.05. The summed E-state index contributed by atoms with van der Waals surface area (Å²) in [5.74, 6) is 0.947. The van der Waals surface area contributed by atoms with E-state index in [0.29, 0.717) is 0 Å². The number of anilines is 3. The van der Waals surface area contributed by atoms with Crippen LogP contribution in [0.25, 0.3) is 16.9 Å². The summed E-state index contributed by atoms with van der Waals surface area (Å²) in [7, 11) is 4.08. The Labute approximate surface area is 159 Å². The first kappa shape index (κ1) is 17.1. The van der Waals surface area contributed by atoms with E-state index in [1.165, 1.54) is 11.1 Å². The van der Waals surface area contributed by atoms with Gasteiger partial charge in [-0.15, -0.1) is 0 Å². The molecular formula is C22H23N5. The molecule has 0 fully saturated rings. The minimum Gasteiger partial charge on any atom is -0.378 e. The SMILES string of the molecule is Cc1cccc(C)c1Nc1c(-c2ccc(N(C)C)cc2)nc2cnccn12. The highest BCUT2D eigenvalue weighted by molar-refractivity contribution is 5.81. The van der Waals surface area contributed by atoms with Gasteiger partial charge in [-0.2, -0.15) is 0 Å². The van der Waals surface area contributed by atoms with Crippen LogP contribution in [0.1, 0.15) is 11.1 Å². The van der Waals surface area contributed by atoms with E-state index in [4.69, 9.17) is 4.98 Å². The second-order valence-electron chi connectivity index (χ2n) is 6.95. The molecule has 0 radical (unpaired) electrons. The van der Waals surface area contributed by atoms with E-state index in [0.717, 1.165) is 34.1 Å². The van der Waals surface area contributed by atoms with Crippen LogP contribution >= 0.6 is 0 Å². The normalized spacial score (nSPS) is 11.0. The van der Waals surface area contributed by atoms with Crippen molar-refractivity contribution in [3.05, 3.63) is 72.2 Å². The van der Waals surface area contributed by atoms with E-state index >= 15 is 0 Å². The molecule has 136 valence electrons. The number of nitrogens with one attached hydrogen (secondary N) is 1. The summed E-state index contributed by atoms with van der Waals surface area (Å²) in [4.78, 5) is 11.2. The van der Waals surface area contributed by atoms with E-state index in [1.807, 2.05) is 24.7 Å². The third-order valence-corrected chi connectivity index (χ3v) is 4.81. The standard InChI is InChI=1S/C22H23N5/c1-15-6-5-7-16(2)20(15)25-22-21(24-19-14-23-12-13-27(19)22)17-8-10-18(11-9-17)26(3)4/h5-14,25H,1-4H3. The van der Waals surface area contributed by atoms with E-state index in [2.05, 4.69) is 71.5 Å². The summed E-state index contributed by atoms with van der Waals surface area (Å²) in [6, 6.07) is 14.8. The number of fused-ring (bicyclic) bond motifs is 1. The lowest BCUT2D eigenvalue weighted by atomic mass is 10.1. The zero-order valence-corrected chi connectivity index (χ0v) is 16.1. The van der Waals surface area contributed by atoms with Crippen LogP contribution in [0.4, 0.5) is 17.2 Å². The Kier molecular flexibility index (Phi) is 4.28. The number of aromatic nitrogens is 3. The summed E-state index contributed by atoms with van der Waals surface area (Å²) in [6.45, 7) is 4.23. The maximum Gasteiger partial charge on any atom is 0.157 e. The van der Waals surface area contributed by atoms with Gasteiger partial charge >= 0.3 is 0 Å². The number of aryl methyl sites for hydroxylation is 2. The predicted octanol–water partition coefficient (Wildman–Crippen LogP) is 4.82. The first-order valence-electron chi connectivity index (χ1n) is 8.97. The van der Waals surface area contributed by atoms with Gasteiger partial charge in [-0.05, 0) is 37.1 Å². The highest BCUT2D eigenvalue weighted by Gasteiger charge is 2.16. The monoisotopic (exact) mass is 357 g/mol. The van der Waals surface area contributed by atoms with Gasteiger partial charge in [0.15, 0.2) is 5.65 Å². The van der Waals surface area contributed by atoms with Gasteiger partial charge in [0.25, 0.3) is 0 Å². The van der Waals surface area contributed by atoms with Crippen molar-refractivity contribution in [2.75, 3.05) is 24.3 Å². The molecule has 4 aromatic rings. The fraction of sp³-hybridized carbons (Fsp3) is 0.182. The lowest BCUT2D eigenvalue weighted by Gasteiger charge is -2.15. The van der Waals surface area contributed by atoms with Crippen LogP contribution in [-0.2, 0) is 0 Å². The fourth-order valence-electron chi connectivity index (χ4n) is 3.28. The molecule has 0 saturated heterocycles. The van der Waals surface area contributed by atoms with Crippen LogP contribution in [0.2, 0.25) is 0 Å². The highest BCUT2D eigenvalue weighted by Crippen LogP contribution is 2.33. The molecule has 0 aliphatic heterocycles. The van der Waals surface area contributed by atoms with Crippen molar-refractivity contribution in [3.8, 4) is 11.3 Å². The van der Waals surface area contributed by atoms with Gasteiger partial charge in [-0.3, -0.25) is 9.38 Å². The largest absolute Gasteiger partial charge is 0.378 e. The molecule has 2 heterocycles. The molecule has 0 amide bonds. The fourth-order valence-corrected chi connectivity index (χ4v) is 3.28. The Hall–Kier alpha value is -3.34. The molecule has 5 heteroatoms. The van der Waals surface area contributed by atoms with Crippen LogP contribution in [0, 0.1) is 13.8 Å². The van der Waals surface area contributed by atoms with Gasteiger partial charge in [-0.25, -0.2) is 4.98 Å². The summed E-state index contributed by atoms with van der Waals surface area (Å²) in [6.07, 6.45) is 5.51. The van der Waals surface area contributed by atoms with Crippen molar-refractivity contribution >= 4 is 22.8 Å². The highest BCUT2D eigenvalue weighted by atomic mass is 15.1. The molecule has 0 saturated carbocycles. The maximum absolute atomic E-state index is 4.84. The van der Waals surface area contributed by atoms with E-state index in [-0.39, 0.29) is 0 Å². The molecule has 2 aromatic carbocycles. The molecule has 27 heavy (non-hydrogen) atoms. The number of nitrogens with zero attached hydrogens (tertiary/aromatic N) is 4. The van der Waals surface area contributed by atoms with Gasteiger partial charge in [-0.1, -0.05) is 30.3 Å². The van der Waals surface area contributed by atoms with Crippen molar-refractivity contribution in [2.45, 2.75) is 13.8 Å². The van der Waals surface area contributed by atoms with Gasteiger partial charge in [0.05, 0.1) is 6.20 Å². The first-order valence-corrected chi connectivity index (χ1v) is 8.97. The molecule has 2 aromatic heterocycles. The van der Waals surface area contributed by atoms with Crippen molar-refractivity contribution in [3.63, 3.8) is 0 Å². The second kappa shape index (κ2) is 6.76. The zero-order chi connectivity index (χ0) is 19.0. The average molecular weight is 357 g/mol. The molecule has 5 nitrogen and oxygen atoms in total. The molecule has 0 bridgehead atoms. The Bertz CT molecular complexity index is 1070. The van der Waals surface area contributed by atoms with E-state index in [1.54, 1.807) is 12.4 Å². The first-order chi connectivity index (χ1) is 13.0. The Morgan fingerprint density at radius 2 is 1.67 bits per heavy atom. The molecule has 0 aliphatic rings. The van der Waals surface area contributed by atoms with Crippen LogP contribution in [-0.4, -0.2) is 28.5 Å². The molecule has 1 N–H and O–H groups in total. The lowest BCUT2D eigenvalue weighted by molar-refractivity contribution is 1.12.